The van der Waals surface area contributed by atoms with Crippen LogP contribution in [0.3, 0.4) is 0 Å². The fourth-order valence-electron chi connectivity index (χ4n) is 3.52. The van der Waals surface area contributed by atoms with Gasteiger partial charge in [0.15, 0.2) is 11.5 Å². The number of carbonyl (C=O) groups is 1. The van der Waals surface area contributed by atoms with Gasteiger partial charge in [-0.1, -0.05) is 18.2 Å². The number of anilines is 1. The van der Waals surface area contributed by atoms with Crippen LogP contribution in [0, 0.1) is 11.7 Å². The number of amides is 1. The van der Waals surface area contributed by atoms with Crippen LogP contribution in [0.4, 0.5) is 10.1 Å². The molecule has 29 heavy (non-hydrogen) atoms. The Balaban J connectivity index is 1.34. The highest BCUT2D eigenvalue weighted by atomic mass is 32.2. The van der Waals surface area contributed by atoms with Gasteiger partial charge in [-0.3, -0.25) is 4.79 Å². The normalized spacial score (nSPS) is 17.3. The third kappa shape index (κ3) is 4.35. The monoisotopic (exact) mass is 420 g/mol. The molecule has 2 aromatic rings. The lowest BCUT2D eigenvalue weighted by atomic mass is 9.97. The Morgan fingerprint density at radius 2 is 1.83 bits per heavy atom. The van der Waals surface area contributed by atoms with Gasteiger partial charge in [-0.2, -0.15) is 0 Å². The first-order chi connectivity index (χ1) is 13.9. The average molecular weight is 420 g/mol. The molecule has 0 radical (unpaired) electrons. The molecular weight excluding hydrogens is 399 g/mol. The Kier molecular flexibility index (Phi) is 5.42. The van der Waals surface area contributed by atoms with E-state index in [4.69, 9.17) is 9.47 Å². The fraction of sp³-hybridized carbons (Fsp3) is 0.350. The highest BCUT2D eigenvalue weighted by molar-refractivity contribution is 7.88. The van der Waals surface area contributed by atoms with Crippen molar-refractivity contribution in [2.45, 2.75) is 18.6 Å². The summed E-state index contributed by atoms with van der Waals surface area (Å²) in [5.74, 6) is -0.147. The number of carbonyl (C=O) groups excluding carboxylic acids is 1. The van der Waals surface area contributed by atoms with Gasteiger partial charge in [0, 0.05) is 36.3 Å². The van der Waals surface area contributed by atoms with Gasteiger partial charge in [-0.05, 0) is 31.0 Å². The lowest BCUT2D eigenvalue weighted by molar-refractivity contribution is -0.120. The molecule has 4 rings (SSSR count). The Labute approximate surface area is 168 Å². The van der Waals surface area contributed by atoms with Gasteiger partial charge in [-0.25, -0.2) is 17.1 Å². The van der Waals surface area contributed by atoms with Crippen LogP contribution in [0.5, 0.6) is 11.5 Å². The van der Waals surface area contributed by atoms with Crippen LogP contribution >= 0.6 is 0 Å². The number of piperidine rings is 1. The Morgan fingerprint density at radius 1 is 1.10 bits per heavy atom. The van der Waals surface area contributed by atoms with E-state index >= 15 is 0 Å². The molecule has 1 fully saturated rings. The number of halogens is 1. The summed E-state index contributed by atoms with van der Waals surface area (Å²) in [6, 6.07) is 11.0. The van der Waals surface area contributed by atoms with Crippen LogP contribution in [-0.4, -0.2) is 38.5 Å². The standard InChI is InChI=1S/C20H21FN2O5S/c21-17-4-2-1-3-15(17)12-29(25,26)23-9-7-14(8-10-23)20(24)22-16-5-6-18-19(11-16)28-13-27-18/h1-6,11,14H,7-10,12-13H2,(H,22,24). The zero-order valence-electron chi connectivity index (χ0n) is 15.6. The van der Waals surface area contributed by atoms with E-state index in [1.807, 2.05) is 0 Å². The van der Waals surface area contributed by atoms with Gasteiger partial charge in [0.05, 0.1) is 5.75 Å². The molecule has 0 unspecified atom stereocenters. The Morgan fingerprint density at radius 3 is 2.59 bits per heavy atom. The van der Waals surface area contributed by atoms with E-state index in [-0.39, 0.29) is 43.0 Å². The number of ether oxygens (including phenoxy) is 2. The molecular formula is C20H21FN2O5S. The van der Waals surface area contributed by atoms with Gasteiger partial charge >= 0.3 is 0 Å². The number of sulfonamides is 1. The van der Waals surface area contributed by atoms with Crippen molar-refractivity contribution in [1.29, 1.82) is 0 Å². The van der Waals surface area contributed by atoms with Crippen molar-refractivity contribution < 1.29 is 27.1 Å². The number of fused-ring (bicyclic) bond motifs is 1. The number of nitrogens with one attached hydrogen (secondary N) is 1. The average Bonchev–Trinajstić information content (AvgIpc) is 3.17. The van der Waals surface area contributed by atoms with E-state index in [9.17, 15) is 17.6 Å². The number of hydrogen-bond donors (Lipinski definition) is 1. The molecule has 0 saturated carbocycles. The second-order valence-corrected chi connectivity index (χ2v) is 9.05. The van der Waals surface area contributed by atoms with Crippen LogP contribution < -0.4 is 14.8 Å². The lowest BCUT2D eigenvalue weighted by Gasteiger charge is -2.30. The number of nitrogens with zero attached hydrogens (tertiary/aromatic N) is 1. The summed E-state index contributed by atoms with van der Waals surface area (Å²) in [6.07, 6.45) is 0.819. The molecule has 0 aromatic heterocycles. The number of hydrogen-bond acceptors (Lipinski definition) is 5. The summed E-state index contributed by atoms with van der Waals surface area (Å²) in [5.41, 5.74) is 0.754. The van der Waals surface area contributed by atoms with Gasteiger partial charge in [-0.15, -0.1) is 0 Å². The van der Waals surface area contributed by atoms with Crippen LogP contribution in [0.1, 0.15) is 18.4 Å². The molecule has 0 aliphatic carbocycles. The van der Waals surface area contributed by atoms with E-state index in [2.05, 4.69) is 5.32 Å². The molecule has 0 spiro atoms. The summed E-state index contributed by atoms with van der Waals surface area (Å²) in [4.78, 5) is 12.6. The topological polar surface area (TPSA) is 84.9 Å². The predicted octanol–water partition coefficient (Wildman–Crippen LogP) is 2.73. The molecule has 1 saturated heterocycles. The minimum atomic E-state index is -3.64. The van der Waals surface area contributed by atoms with E-state index < -0.39 is 15.8 Å². The molecule has 2 aromatic carbocycles. The van der Waals surface area contributed by atoms with Crippen molar-refractivity contribution in [2.24, 2.45) is 5.92 Å². The maximum Gasteiger partial charge on any atom is 0.231 e. The van der Waals surface area contributed by atoms with E-state index in [1.165, 1.54) is 22.5 Å². The van der Waals surface area contributed by atoms with Crippen molar-refractivity contribution >= 4 is 21.6 Å². The molecule has 7 nitrogen and oxygen atoms in total. The summed E-state index contributed by atoms with van der Waals surface area (Å²) in [7, 11) is -3.64. The molecule has 1 amide bonds. The third-order valence-electron chi connectivity index (χ3n) is 5.15. The quantitative estimate of drug-likeness (QED) is 0.804. The molecule has 2 aliphatic rings. The summed E-state index contributed by atoms with van der Waals surface area (Å²) >= 11 is 0. The van der Waals surface area contributed by atoms with E-state index in [1.54, 1.807) is 24.3 Å². The Hall–Kier alpha value is -2.65. The number of benzene rings is 2. The first kappa shape index (κ1) is 19.7. The highest BCUT2D eigenvalue weighted by Gasteiger charge is 2.31. The van der Waals surface area contributed by atoms with Crippen molar-refractivity contribution in [1.82, 2.24) is 4.31 Å². The van der Waals surface area contributed by atoms with Crippen molar-refractivity contribution in [3.05, 3.63) is 53.8 Å². The lowest BCUT2D eigenvalue weighted by Crippen LogP contribution is -2.42. The van der Waals surface area contributed by atoms with E-state index in [0.29, 0.717) is 30.0 Å². The van der Waals surface area contributed by atoms with Crippen LogP contribution in [0.15, 0.2) is 42.5 Å². The van der Waals surface area contributed by atoms with Crippen LogP contribution in [0.25, 0.3) is 0 Å². The Bertz CT molecular complexity index is 1020. The first-order valence-electron chi connectivity index (χ1n) is 9.34. The molecule has 154 valence electrons. The van der Waals surface area contributed by atoms with Crippen LogP contribution in [-0.2, 0) is 20.6 Å². The predicted molar refractivity (Wildman–Crippen MR) is 105 cm³/mol. The molecule has 0 atom stereocenters. The largest absolute Gasteiger partial charge is 0.454 e. The summed E-state index contributed by atoms with van der Waals surface area (Å²) < 4.78 is 50.9. The van der Waals surface area contributed by atoms with Crippen molar-refractivity contribution in [3.63, 3.8) is 0 Å². The van der Waals surface area contributed by atoms with Crippen LogP contribution in [0.2, 0.25) is 0 Å². The third-order valence-corrected chi connectivity index (χ3v) is 6.98. The zero-order chi connectivity index (χ0) is 20.4. The van der Waals surface area contributed by atoms with Crippen molar-refractivity contribution in [2.75, 3.05) is 25.2 Å². The SMILES string of the molecule is O=C(Nc1ccc2c(c1)OCO2)C1CCN(S(=O)(=O)Cc2ccccc2F)CC1. The maximum absolute atomic E-state index is 13.8. The van der Waals surface area contributed by atoms with Crippen molar-refractivity contribution in [3.8, 4) is 11.5 Å². The van der Waals surface area contributed by atoms with Gasteiger partial charge in [0.25, 0.3) is 0 Å². The highest BCUT2D eigenvalue weighted by Crippen LogP contribution is 2.34. The molecule has 2 aliphatic heterocycles. The van der Waals surface area contributed by atoms with Gasteiger partial charge < -0.3 is 14.8 Å². The smallest absolute Gasteiger partial charge is 0.231 e. The zero-order valence-corrected chi connectivity index (χ0v) is 16.5. The number of rotatable bonds is 5. The van der Waals surface area contributed by atoms with Gasteiger partial charge in [0.2, 0.25) is 22.7 Å². The van der Waals surface area contributed by atoms with Gasteiger partial charge in [0.1, 0.15) is 5.82 Å². The maximum atomic E-state index is 13.8. The second kappa shape index (κ2) is 8.00. The minimum Gasteiger partial charge on any atom is -0.454 e. The molecule has 1 N–H and O–H groups in total. The summed E-state index contributed by atoms with van der Waals surface area (Å²) in [5, 5.41) is 2.85. The molecule has 2 heterocycles. The summed E-state index contributed by atoms with van der Waals surface area (Å²) in [6.45, 7) is 0.624. The van der Waals surface area contributed by atoms with E-state index in [0.717, 1.165) is 0 Å². The second-order valence-electron chi connectivity index (χ2n) is 7.08. The first-order valence-corrected chi connectivity index (χ1v) is 10.9. The fourth-order valence-corrected chi connectivity index (χ4v) is 5.09. The molecule has 0 bridgehead atoms. The minimum absolute atomic E-state index is 0.148. The molecule has 9 heteroatoms.